The number of aromatic nitrogens is 2. The van der Waals surface area contributed by atoms with Crippen LogP contribution in [0.15, 0.2) is 66.7 Å². The molecule has 0 fully saturated rings. The molecule has 3 rings (SSSR count). The first-order valence-electron chi connectivity index (χ1n) is 9.63. The van der Waals surface area contributed by atoms with Gasteiger partial charge in [-0.3, -0.25) is 4.79 Å². The highest BCUT2D eigenvalue weighted by Gasteiger charge is 2.20. The summed E-state index contributed by atoms with van der Waals surface area (Å²) in [6.07, 6.45) is 0. The van der Waals surface area contributed by atoms with Crippen LogP contribution in [0.5, 0.6) is 0 Å². The van der Waals surface area contributed by atoms with Crippen molar-refractivity contribution in [2.45, 2.75) is 27.3 Å². The molecule has 0 aliphatic carbocycles. The molecule has 2 aromatic carbocycles. The van der Waals surface area contributed by atoms with Crippen molar-refractivity contribution < 1.29 is 4.79 Å². The van der Waals surface area contributed by atoms with Crippen LogP contribution in [0.1, 0.15) is 35.7 Å². The molecule has 144 valence electrons. The van der Waals surface area contributed by atoms with E-state index in [0.29, 0.717) is 18.1 Å². The Kier molecular flexibility index (Phi) is 6.37. The molecule has 5 nitrogen and oxygen atoms in total. The average Bonchev–Trinajstić information content (AvgIpc) is 2.73. The van der Waals surface area contributed by atoms with Crippen molar-refractivity contribution >= 4 is 17.4 Å². The molecule has 0 saturated carbocycles. The van der Waals surface area contributed by atoms with Crippen molar-refractivity contribution in [3.8, 4) is 0 Å². The first kappa shape index (κ1) is 19.5. The molecule has 3 aromatic rings. The second kappa shape index (κ2) is 9.13. The minimum Gasteiger partial charge on any atom is -0.352 e. The zero-order valence-corrected chi connectivity index (χ0v) is 16.7. The van der Waals surface area contributed by atoms with Crippen LogP contribution in [0.4, 0.5) is 11.5 Å². The normalized spacial score (nSPS) is 10.5. The van der Waals surface area contributed by atoms with E-state index < -0.39 is 0 Å². The molecule has 1 heterocycles. The highest BCUT2D eigenvalue weighted by Crippen LogP contribution is 2.20. The van der Waals surface area contributed by atoms with Crippen molar-refractivity contribution in [2.24, 2.45) is 0 Å². The van der Waals surface area contributed by atoms with Gasteiger partial charge in [0, 0.05) is 31.4 Å². The summed E-state index contributed by atoms with van der Waals surface area (Å²) in [4.78, 5) is 26.1. The number of carbonyl (C=O) groups excluding carboxylic acids is 1. The lowest BCUT2D eigenvalue weighted by Gasteiger charge is -2.24. The maximum Gasteiger partial charge on any atom is 0.277 e. The molecule has 1 amide bonds. The summed E-state index contributed by atoms with van der Waals surface area (Å²) in [7, 11) is 0. The Morgan fingerprint density at radius 2 is 1.54 bits per heavy atom. The number of aryl methyl sites for hydroxylation is 1. The van der Waals surface area contributed by atoms with Crippen LogP contribution in [-0.4, -0.2) is 29.0 Å². The number of hydrogen-bond donors (Lipinski definition) is 0. The number of carbonyl (C=O) groups is 1. The molecule has 1 aromatic heterocycles. The first-order chi connectivity index (χ1) is 13.6. The molecular formula is C23H26N4O. The fraction of sp³-hybridized carbons (Fsp3) is 0.261. The highest BCUT2D eigenvalue weighted by atomic mass is 16.2. The Labute approximate surface area is 166 Å². The fourth-order valence-corrected chi connectivity index (χ4v) is 3.17. The summed E-state index contributed by atoms with van der Waals surface area (Å²) in [5, 5.41) is 0. The number of para-hydroxylation sites is 1. The van der Waals surface area contributed by atoms with Gasteiger partial charge in [0.1, 0.15) is 17.3 Å². The zero-order valence-electron chi connectivity index (χ0n) is 16.7. The van der Waals surface area contributed by atoms with Gasteiger partial charge in [-0.2, -0.15) is 0 Å². The van der Waals surface area contributed by atoms with E-state index in [1.165, 1.54) is 5.56 Å². The van der Waals surface area contributed by atoms with Crippen molar-refractivity contribution in [1.29, 1.82) is 0 Å². The van der Waals surface area contributed by atoms with E-state index in [2.05, 4.69) is 33.9 Å². The molecule has 0 radical (unpaired) electrons. The summed E-state index contributed by atoms with van der Waals surface area (Å²) in [5.74, 6) is 1.25. The van der Waals surface area contributed by atoms with Crippen LogP contribution in [0.3, 0.4) is 0 Å². The predicted octanol–water partition coefficient (Wildman–Crippen LogP) is 4.48. The quantitative estimate of drug-likeness (QED) is 0.612. The monoisotopic (exact) mass is 374 g/mol. The third-order valence-corrected chi connectivity index (χ3v) is 4.59. The zero-order chi connectivity index (χ0) is 19.9. The summed E-state index contributed by atoms with van der Waals surface area (Å²) in [6, 6.07) is 21.7. The maximum absolute atomic E-state index is 13.2. The first-order valence-corrected chi connectivity index (χ1v) is 9.63. The number of amides is 1. The molecule has 0 saturated heterocycles. The molecule has 5 heteroatoms. The van der Waals surface area contributed by atoms with E-state index in [4.69, 9.17) is 0 Å². The number of nitrogens with zero attached hydrogens (tertiary/aromatic N) is 4. The molecule has 0 N–H and O–H groups in total. The van der Waals surface area contributed by atoms with E-state index in [1.54, 1.807) is 11.0 Å². The number of rotatable bonds is 7. The van der Waals surface area contributed by atoms with E-state index >= 15 is 0 Å². The Morgan fingerprint density at radius 3 is 2.14 bits per heavy atom. The second-order valence-electron chi connectivity index (χ2n) is 6.54. The Morgan fingerprint density at radius 1 is 0.893 bits per heavy atom. The fourth-order valence-electron chi connectivity index (χ4n) is 3.17. The van der Waals surface area contributed by atoms with Gasteiger partial charge in [-0.1, -0.05) is 48.5 Å². The Bertz CT molecular complexity index is 912. The third kappa shape index (κ3) is 4.55. The van der Waals surface area contributed by atoms with E-state index in [-0.39, 0.29) is 5.91 Å². The van der Waals surface area contributed by atoms with Gasteiger partial charge in [-0.05, 0) is 38.5 Å². The standard InChI is InChI=1S/C23H26N4O/c1-4-26(17-19-12-8-6-9-13-19)22-16-21(24-18(3)25-22)23(28)27(5-2)20-14-10-7-11-15-20/h6-16H,4-5,17H2,1-3H3. The topological polar surface area (TPSA) is 49.3 Å². The summed E-state index contributed by atoms with van der Waals surface area (Å²) < 4.78 is 0. The van der Waals surface area contributed by atoms with Crippen molar-refractivity contribution in [3.05, 3.63) is 83.8 Å². The predicted molar refractivity (Wildman–Crippen MR) is 114 cm³/mol. The van der Waals surface area contributed by atoms with E-state index in [1.807, 2.05) is 62.4 Å². The highest BCUT2D eigenvalue weighted by molar-refractivity contribution is 6.05. The van der Waals surface area contributed by atoms with Gasteiger partial charge in [0.2, 0.25) is 0 Å². The minimum absolute atomic E-state index is 0.115. The van der Waals surface area contributed by atoms with Gasteiger partial charge >= 0.3 is 0 Å². The van der Waals surface area contributed by atoms with Crippen molar-refractivity contribution in [2.75, 3.05) is 22.9 Å². The molecule has 0 atom stereocenters. The van der Waals surface area contributed by atoms with Gasteiger partial charge in [0.15, 0.2) is 0 Å². The number of hydrogen-bond acceptors (Lipinski definition) is 4. The van der Waals surface area contributed by atoms with E-state index in [9.17, 15) is 4.79 Å². The molecule has 0 spiro atoms. The number of benzene rings is 2. The largest absolute Gasteiger partial charge is 0.352 e. The summed E-state index contributed by atoms with van der Waals surface area (Å²) in [6.45, 7) is 7.97. The van der Waals surface area contributed by atoms with Crippen LogP contribution >= 0.6 is 0 Å². The van der Waals surface area contributed by atoms with E-state index in [0.717, 1.165) is 24.6 Å². The van der Waals surface area contributed by atoms with Crippen LogP contribution in [0.2, 0.25) is 0 Å². The lowest BCUT2D eigenvalue weighted by molar-refractivity contribution is 0.0983. The summed E-state index contributed by atoms with van der Waals surface area (Å²) in [5.41, 5.74) is 2.48. The third-order valence-electron chi connectivity index (χ3n) is 4.59. The van der Waals surface area contributed by atoms with Crippen LogP contribution in [-0.2, 0) is 6.54 Å². The van der Waals surface area contributed by atoms with Crippen LogP contribution in [0, 0.1) is 6.92 Å². The lowest BCUT2D eigenvalue weighted by atomic mass is 10.2. The van der Waals surface area contributed by atoms with Crippen LogP contribution in [0.25, 0.3) is 0 Å². The molecule has 28 heavy (non-hydrogen) atoms. The summed E-state index contributed by atoms with van der Waals surface area (Å²) >= 11 is 0. The van der Waals surface area contributed by atoms with Crippen molar-refractivity contribution in [1.82, 2.24) is 9.97 Å². The lowest BCUT2D eigenvalue weighted by Crippen LogP contribution is -2.32. The molecule has 0 bridgehead atoms. The van der Waals surface area contributed by atoms with Gasteiger partial charge in [-0.25, -0.2) is 9.97 Å². The van der Waals surface area contributed by atoms with Gasteiger partial charge in [-0.15, -0.1) is 0 Å². The SMILES string of the molecule is CCN(Cc1ccccc1)c1cc(C(=O)N(CC)c2ccccc2)nc(C)n1. The second-order valence-corrected chi connectivity index (χ2v) is 6.54. The molecule has 0 aliphatic rings. The Hall–Kier alpha value is -3.21. The average molecular weight is 374 g/mol. The smallest absolute Gasteiger partial charge is 0.277 e. The molecular weight excluding hydrogens is 348 g/mol. The van der Waals surface area contributed by atoms with Gasteiger partial charge in [0.05, 0.1) is 0 Å². The minimum atomic E-state index is -0.115. The van der Waals surface area contributed by atoms with Gasteiger partial charge < -0.3 is 9.80 Å². The molecule has 0 aliphatic heterocycles. The maximum atomic E-state index is 13.2. The van der Waals surface area contributed by atoms with Crippen molar-refractivity contribution in [3.63, 3.8) is 0 Å². The van der Waals surface area contributed by atoms with Gasteiger partial charge in [0.25, 0.3) is 5.91 Å². The number of anilines is 2. The Balaban J connectivity index is 1.90. The van der Waals surface area contributed by atoms with Crippen LogP contribution < -0.4 is 9.80 Å². The molecule has 0 unspecified atom stereocenters.